The van der Waals surface area contributed by atoms with Gasteiger partial charge >= 0.3 is 6.03 Å². The van der Waals surface area contributed by atoms with Crippen LogP contribution < -0.4 is 20.1 Å². The van der Waals surface area contributed by atoms with E-state index in [1.54, 1.807) is 0 Å². The SMILES string of the molecule is CCOc1ccc(OCCNC(=O)Nc2ccc(C)cc2C)cc1. The van der Waals surface area contributed by atoms with Crippen molar-refractivity contribution >= 4 is 11.7 Å². The summed E-state index contributed by atoms with van der Waals surface area (Å²) >= 11 is 0. The van der Waals surface area contributed by atoms with Gasteiger partial charge in [-0.25, -0.2) is 4.79 Å². The van der Waals surface area contributed by atoms with Crippen molar-refractivity contribution in [2.45, 2.75) is 20.8 Å². The summed E-state index contributed by atoms with van der Waals surface area (Å²) in [6, 6.07) is 13.1. The van der Waals surface area contributed by atoms with E-state index >= 15 is 0 Å². The lowest BCUT2D eigenvalue weighted by Crippen LogP contribution is -2.32. The molecule has 2 rings (SSSR count). The van der Waals surface area contributed by atoms with Gasteiger partial charge in [0, 0.05) is 5.69 Å². The van der Waals surface area contributed by atoms with Gasteiger partial charge in [0.05, 0.1) is 13.2 Å². The number of anilines is 1. The molecule has 5 nitrogen and oxygen atoms in total. The summed E-state index contributed by atoms with van der Waals surface area (Å²) < 4.78 is 11.0. The molecule has 0 aliphatic heterocycles. The Hall–Kier alpha value is -2.69. The molecule has 2 aromatic carbocycles. The topological polar surface area (TPSA) is 59.6 Å². The van der Waals surface area contributed by atoms with Crippen LogP contribution in [0.1, 0.15) is 18.1 Å². The lowest BCUT2D eigenvalue weighted by atomic mass is 10.1. The number of rotatable bonds is 7. The van der Waals surface area contributed by atoms with E-state index in [9.17, 15) is 4.79 Å². The van der Waals surface area contributed by atoms with Crippen molar-refractivity contribution in [2.24, 2.45) is 0 Å². The maximum Gasteiger partial charge on any atom is 0.319 e. The fraction of sp³-hybridized carbons (Fsp3) is 0.316. The third-order valence-corrected chi connectivity index (χ3v) is 3.42. The number of ether oxygens (including phenoxy) is 2. The zero-order chi connectivity index (χ0) is 17.4. The fourth-order valence-corrected chi connectivity index (χ4v) is 2.25. The van der Waals surface area contributed by atoms with Crippen LogP contribution in [-0.4, -0.2) is 25.8 Å². The van der Waals surface area contributed by atoms with E-state index in [-0.39, 0.29) is 6.03 Å². The molecule has 0 unspecified atom stereocenters. The molecule has 0 heterocycles. The average molecular weight is 328 g/mol. The van der Waals surface area contributed by atoms with Gasteiger partial charge in [0.2, 0.25) is 0 Å². The van der Waals surface area contributed by atoms with E-state index in [0.717, 1.165) is 22.7 Å². The summed E-state index contributed by atoms with van der Waals surface area (Å²) in [5.74, 6) is 1.56. The first-order valence-electron chi connectivity index (χ1n) is 8.06. The molecule has 2 aromatic rings. The van der Waals surface area contributed by atoms with E-state index in [1.165, 1.54) is 5.56 Å². The van der Waals surface area contributed by atoms with Crippen LogP contribution in [0, 0.1) is 13.8 Å². The molecule has 0 radical (unpaired) electrons. The monoisotopic (exact) mass is 328 g/mol. The summed E-state index contributed by atoms with van der Waals surface area (Å²) in [5, 5.41) is 5.61. The zero-order valence-electron chi connectivity index (χ0n) is 14.4. The average Bonchev–Trinajstić information content (AvgIpc) is 2.56. The molecular weight excluding hydrogens is 304 g/mol. The van der Waals surface area contributed by atoms with Gasteiger partial charge in [0.25, 0.3) is 0 Å². The quantitative estimate of drug-likeness (QED) is 0.758. The van der Waals surface area contributed by atoms with Gasteiger partial charge in [-0.05, 0) is 56.7 Å². The summed E-state index contributed by atoms with van der Waals surface area (Å²) in [7, 11) is 0. The van der Waals surface area contributed by atoms with Crippen molar-refractivity contribution in [3.8, 4) is 11.5 Å². The first-order chi connectivity index (χ1) is 11.6. The summed E-state index contributed by atoms with van der Waals surface area (Å²) in [4.78, 5) is 11.9. The molecule has 0 aliphatic rings. The highest BCUT2D eigenvalue weighted by Crippen LogP contribution is 2.17. The Morgan fingerprint density at radius 1 is 1.00 bits per heavy atom. The minimum absolute atomic E-state index is 0.239. The molecule has 0 aromatic heterocycles. The normalized spacial score (nSPS) is 10.1. The van der Waals surface area contributed by atoms with E-state index in [4.69, 9.17) is 9.47 Å². The van der Waals surface area contributed by atoms with Crippen molar-refractivity contribution in [2.75, 3.05) is 25.1 Å². The zero-order valence-corrected chi connectivity index (χ0v) is 14.4. The maximum atomic E-state index is 11.9. The highest BCUT2D eigenvalue weighted by Gasteiger charge is 2.04. The molecule has 0 aliphatic carbocycles. The van der Waals surface area contributed by atoms with Crippen molar-refractivity contribution in [3.63, 3.8) is 0 Å². The standard InChI is InChI=1S/C19H24N2O3/c1-4-23-16-6-8-17(9-7-16)24-12-11-20-19(22)21-18-10-5-14(2)13-15(18)3/h5-10,13H,4,11-12H2,1-3H3,(H2,20,21,22). The van der Waals surface area contributed by atoms with Crippen LogP contribution in [0.5, 0.6) is 11.5 Å². The van der Waals surface area contributed by atoms with Gasteiger partial charge in [0.15, 0.2) is 0 Å². The Balaban J connectivity index is 1.70. The molecule has 0 fully saturated rings. The highest BCUT2D eigenvalue weighted by atomic mass is 16.5. The Bertz CT molecular complexity index is 669. The molecule has 2 N–H and O–H groups in total. The molecule has 0 bridgehead atoms. The number of hydrogen-bond acceptors (Lipinski definition) is 3. The number of carbonyl (C=O) groups excluding carboxylic acids is 1. The number of amides is 2. The van der Waals surface area contributed by atoms with Gasteiger partial charge in [-0.3, -0.25) is 0 Å². The number of aryl methyl sites for hydroxylation is 2. The number of nitrogens with one attached hydrogen (secondary N) is 2. The summed E-state index contributed by atoms with van der Waals surface area (Å²) in [6.45, 7) is 7.39. The fourth-order valence-electron chi connectivity index (χ4n) is 2.25. The number of carbonyl (C=O) groups is 1. The van der Waals surface area contributed by atoms with Crippen LogP contribution in [0.25, 0.3) is 0 Å². The van der Waals surface area contributed by atoms with Crippen LogP contribution in [0.3, 0.4) is 0 Å². The first-order valence-corrected chi connectivity index (χ1v) is 8.06. The second-order valence-electron chi connectivity index (χ2n) is 5.45. The van der Waals surface area contributed by atoms with Gasteiger partial charge in [-0.15, -0.1) is 0 Å². The van der Waals surface area contributed by atoms with Crippen LogP contribution in [0.2, 0.25) is 0 Å². The minimum Gasteiger partial charge on any atom is -0.494 e. The van der Waals surface area contributed by atoms with E-state index < -0.39 is 0 Å². The second kappa shape index (κ2) is 8.82. The third kappa shape index (κ3) is 5.50. The maximum absolute atomic E-state index is 11.9. The lowest BCUT2D eigenvalue weighted by Gasteiger charge is -2.11. The Kier molecular flexibility index (Phi) is 6.49. The van der Waals surface area contributed by atoms with Gasteiger partial charge < -0.3 is 20.1 Å². The molecule has 0 spiro atoms. The van der Waals surface area contributed by atoms with Gasteiger partial charge in [-0.1, -0.05) is 17.7 Å². The van der Waals surface area contributed by atoms with E-state index in [2.05, 4.69) is 10.6 Å². The van der Waals surface area contributed by atoms with Crippen LogP contribution in [-0.2, 0) is 0 Å². The van der Waals surface area contributed by atoms with Crippen molar-refractivity contribution < 1.29 is 14.3 Å². The Morgan fingerprint density at radius 3 is 2.29 bits per heavy atom. The molecular formula is C19H24N2O3. The summed E-state index contributed by atoms with van der Waals surface area (Å²) in [6.07, 6.45) is 0. The van der Waals surface area contributed by atoms with Crippen LogP contribution >= 0.6 is 0 Å². The molecule has 2 amide bonds. The Labute approximate surface area is 143 Å². The van der Waals surface area contributed by atoms with Crippen molar-refractivity contribution in [3.05, 3.63) is 53.6 Å². The number of hydrogen-bond donors (Lipinski definition) is 2. The predicted molar refractivity (Wildman–Crippen MR) is 96.0 cm³/mol. The third-order valence-electron chi connectivity index (χ3n) is 3.42. The van der Waals surface area contributed by atoms with Crippen molar-refractivity contribution in [1.29, 1.82) is 0 Å². The molecule has 128 valence electrons. The molecule has 0 saturated carbocycles. The van der Waals surface area contributed by atoms with Gasteiger partial charge in [0.1, 0.15) is 18.1 Å². The molecule has 24 heavy (non-hydrogen) atoms. The number of urea groups is 1. The first kappa shape index (κ1) is 17.7. The van der Waals surface area contributed by atoms with Crippen LogP contribution in [0.4, 0.5) is 10.5 Å². The lowest BCUT2D eigenvalue weighted by molar-refractivity contribution is 0.247. The van der Waals surface area contributed by atoms with E-state index in [1.807, 2.05) is 63.2 Å². The van der Waals surface area contributed by atoms with E-state index in [0.29, 0.717) is 19.8 Å². The largest absolute Gasteiger partial charge is 0.494 e. The minimum atomic E-state index is -0.239. The van der Waals surface area contributed by atoms with Crippen molar-refractivity contribution in [1.82, 2.24) is 5.32 Å². The smallest absolute Gasteiger partial charge is 0.319 e. The highest BCUT2D eigenvalue weighted by molar-refractivity contribution is 5.90. The van der Waals surface area contributed by atoms with Gasteiger partial charge in [-0.2, -0.15) is 0 Å². The molecule has 0 atom stereocenters. The Morgan fingerprint density at radius 2 is 1.67 bits per heavy atom. The summed E-state index contributed by atoms with van der Waals surface area (Å²) in [5.41, 5.74) is 3.02. The number of benzene rings is 2. The van der Waals surface area contributed by atoms with Crippen LogP contribution in [0.15, 0.2) is 42.5 Å². The second-order valence-corrected chi connectivity index (χ2v) is 5.45. The molecule has 5 heteroatoms. The predicted octanol–water partition coefficient (Wildman–Crippen LogP) is 3.90. The molecule has 0 saturated heterocycles.